The van der Waals surface area contributed by atoms with Crippen LogP contribution in [0.25, 0.3) is 0 Å². The highest BCUT2D eigenvalue weighted by atomic mass is 16.6. The maximum Gasteiger partial charge on any atom is 0.410 e. The molecule has 1 saturated heterocycles. The van der Waals surface area contributed by atoms with E-state index in [4.69, 9.17) is 9.84 Å². The van der Waals surface area contributed by atoms with Crippen LogP contribution in [0.2, 0.25) is 0 Å². The smallest absolute Gasteiger partial charge is 0.410 e. The van der Waals surface area contributed by atoms with Gasteiger partial charge in [0.15, 0.2) is 0 Å². The second-order valence-electron chi connectivity index (χ2n) is 6.87. The Morgan fingerprint density at radius 2 is 1.93 bits per heavy atom. The summed E-state index contributed by atoms with van der Waals surface area (Å²) in [5.74, 6) is 0.142. The number of rotatable bonds is 6. The van der Waals surface area contributed by atoms with E-state index >= 15 is 0 Å². The first-order valence-electron chi connectivity index (χ1n) is 9.45. The van der Waals surface area contributed by atoms with Gasteiger partial charge in [0, 0.05) is 31.4 Å². The molecule has 2 heterocycles. The zero-order chi connectivity index (χ0) is 19.8. The van der Waals surface area contributed by atoms with E-state index in [0.29, 0.717) is 36.8 Å². The minimum Gasteiger partial charge on any atom is -0.445 e. The quantitative estimate of drug-likeness (QED) is 0.799. The number of nitrogens with zero attached hydrogens (tertiary/aromatic N) is 2. The van der Waals surface area contributed by atoms with Crippen LogP contribution in [0, 0.1) is 5.92 Å². The lowest BCUT2D eigenvalue weighted by molar-refractivity contribution is 0.0800. The van der Waals surface area contributed by atoms with E-state index in [2.05, 4.69) is 10.3 Å². The molecule has 7 heteroatoms. The summed E-state index contributed by atoms with van der Waals surface area (Å²) in [5.41, 5.74) is 1.92. The first-order chi connectivity index (χ1) is 13.7. The number of piperidine rings is 1. The van der Waals surface area contributed by atoms with Crippen molar-refractivity contribution in [2.24, 2.45) is 5.92 Å². The number of carbonyl (C=O) groups is 2. The van der Waals surface area contributed by atoms with E-state index < -0.39 is 0 Å². The molecule has 1 aromatic heterocycles. The molecule has 1 aliphatic heterocycles. The lowest BCUT2D eigenvalue weighted by Crippen LogP contribution is -2.41. The van der Waals surface area contributed by atoms with Gasteiger partial charge in [-0.25, -0.2) is 4.79 Å². The maximum atomic E-state index is 12.2. The number of carbonyl (C=O) groups excluding carboxylic acids is 2. The fourth-order valence-electron chi connectivity index (χ4n) is 3.18. The summed E-state index contributed by atoms with van der Waals surface area (Å²) in [6, 6.07) is 12.8. The van der Waals surface area contributed by atoms with Crippen molar-refractivity contribution in [1.29, 1.82) is 0 Å². The van der Waals surface area contributed by atoms with Gasteiger partial charge in [-0.05, 0) is 36.5 Å². The number of benzene rings is 1. The largest absolute Gasteiger partial charge is 0.445 e. The van der Waals surface area contributed by atoms with E-state index in [0.717, 1.165) is 18.4 Å². The SMILES string of the molecule is O=C(NCC1CCN(C(=O)OCc2ccccc2)CC1)c1ccnc(CO)c1. The monoisotopic (exact) mass is 383 g/mol. The molecule has 3 rings (SSSR count). The average Bonchev–Trinajstić information content (AvgIpc) is 2.77. The Hall–Kier alpha value is -2.93. The lowest BCUT2D eigenvalue weighted by Gasteiger charge is -2.31. The summed E-state index contributed by atoms with van der Waals surface area (Å²) in [6.07, 6.45) is 2.86. The van der Waals surface area contributed by atoms with Crippen molar-refractivity contribution < 1.29 is 19.4 Å². The maximum absolute atomic E-state index is 12.2. The van der Waals surface area contributed by atoms with Gasteiger partial charge in [0.2, 0.25) is 0 Å². The highest BCUT2D eigenvalue weighted by Crippen LogP contribution is 2.18. The molecule has 1 aromatic carbocycles. The fraction of sp³-hybridized carbons (Fsp3) is 0.381. The van der Waals surface area contributed by atoms with Crippen molar-refractivity contribution in [1.82, 2.24) is 15.2 Å². The molecular formula is C21H25N3O4. The van der Waals surface area contributed by atoms with Crippen molar-refractivity contribution in [3.05, 3.63) is 65.5 Å². The van der Waals surface area contributed by atoms with E-state index in [1.165, 1.54) is 6.20 Å². The Morgan fingerprint density at radius 1 is 1.18 bits per heavy atom. The van der Waals surface area contributed by atoms with Gasteiger partial charge in [-0.1, -0.05) is 30.3 Å². The molecule has 0 radical (unpaired) electrons. The van der Waals surface area contributed by atoms with Crippen LogP contribution in [0.5, 0.6) is 0 Å². The van der Waals surface area contributed by atoms with E-state index in [1.54, 1.807) is 17.0 Å². The highest BCUT2D eigenvalue weighted by Gasteiger charge is 2.24. The van der Waals surface area contributed by atoms with Gasteiger partial charge >= 0.3 is 6.09 Å². The van der Waals surface area contributed by atoms with E-state index in [-0.39, 0.29) is 25.2 Å². The third kappa shape index (κ3) is 5.53. The number of amides is 2. The summed E-state index contributed by atoms with van der Waals surface area (Å²) < 4.78 is 5.37. The van der Waals surface area contributed by atoms with Gasteiger partial charge in [0.05, 0.1) is 12.3 Å². The number of likely N-dealkylation sites (tertiary alicyclic amines) is 1. The van der Waals surface area contributed by atoms with E-state index in [1.807, 2.05) is 30.3 Å². The fourth-order valence-corrected chi connectivity index (χ4v) is 3.18. The second-order valence-corrected chi connectivity index (χ2v) is 6.87. The summed E-state index contributed by atoms with van der Waals surface area (Å²) in [4.78, 5) is 30.1. The molecule has 0 atom stereocenters. The Morgan fingerprint density at radius 3 is 2.64 bits per heavy atom. The molecule has 0 spiro atoms. The van der Waals surface area contributed by atoms with Crippen LogP contribution in [-0.2, 0) is 18.0 Å². The molecule has 1 fully saturated rings. The molecule has 28 heavy (non-hydrogen) atoms. The topological polar surface area (TPSA) is 91.8 Å². The van der Waals surface area contributed by atoms with Crippen LogP contribution < -0.4 is 5.32 Å². The number of nitrogens with one attached hydrogen (secondary N) is 1. The van der Waals surface area contributed by atoms with Crippen molar-refractivity contribution in [2.45, 2.75) is 26.1 Å². The van der Waals surface area contributed by atoms with Crippen LogP contribution >= 0.6 is 0 Å². The molecule has 0 saturated carbocycles. The van der Waals surface area contributed by atoms with Crippen LogP contribution in [0.15, 0.2) is 48.7 Å². The normalized spacial score (nSPS) is 14.5. The first-order valence-corrected chi connectivity index (χ1v) is 9.45. The third-order valence-corrected chi connectivity index (χ3v) is 4.87. The third-order valence-electron chi connectivity index (χ3n) is 4.87. The molecule has 1 aliphatic rings. The van der Waals surface area contributed by atoms with Gasteiger partial charge in [-0.3, -0.25) is 9.78 Å². The predicted molar refractivity (Wildman–Crippen MR) is 103 cm³/mol. The number of ether oxygens (including phenoxy) is 1. The number of pyridine rings is 1. The predicted octanol–water partition coefficient (Wildman–Crippen LogP) is 2.35. The molecule has 0 bridgehead atoms. The van der Waals surface area contributed by atoms with Crippen LogP contribution in [0.3, 0.4) is 0 Å². The molecule has 2 aromatic rings. The molecule has 7 nitrogen and oxygen atoms in total. The zero-order valence-corrected chi connectivity index (χ0v) is 15.7. The molecule has 2 amide bonds. The number of aliphatic hydroxyl groups excluding tert-OH is 1. The lowest BCUT2D eigenvalue weighted by atomic mass is 9.97. The van der Waals surface area contributed by atoms with Crippen LogP contribution in [-0.4, -0.2) is 46.6 Å². The number of hydrogen-bond acceptors (Lipinski definition) is 5. The first kappa shape index (κ1) is 19.8. The van der Waals surface area contributed by atoms with Crippen LogP contribution in [0.4, 0.5) is 4.79 Å². The molecule has 2 N–H and O–H groups in total. The molecule has 0 unspecified atom stereocenters. The number of aliphatic hydroxyl groups is 1. The van der Waals surface area contributed by atoms with Gasteiger partial charge in [-0.15, -0.1) is 0 Å². The molecule has 148 valence electrons. The molecular weight excluding hydrogens is 358 g/mol. The average molecular weight is 383 g/mol. The Labute approximate surface area is 164 Å². The zero-order valence-electron chi connectivity index (χ0n) is 15.7. The van der Waals surface area contributed by atoms with Gasteiger partial charge in [-0.2, -0.15) is 0 Å². The Balaban J connectivity index is 1.39. The van der Waals surface area contributed by atoms with Gasteiger partial charge < -0.3 is 20.1 Å². The van der Waals surface area contributed by atoms with E-state index in [9.17, 15) is 9.59 Å². The van der Waals surface area contributed by atoms with Gasteiger partial charge in [0.25, 0.3) is 5.91 Å². The van der Waals surface area contributed by atoms with Crippen molar-refractivity contribution in [3.63, 3.8) is 0 Å². The summed E-state index contributed by atoms with van der Waals surface area (Å²) in [7, 11) is 0. The summed E-state index contributed by atoms with van der Waals surface area (Å²) in [5, 5.41) is 12.0. The highest BCUT2D eigenvalue weighted by molar-refractivity contribution is 5.94. The second kappa shape index (κ2) is 9.85. The Kier molecular flexibility index (Phi) is 6.97. The summed E-state index contributed by atoms with van der Waals surface area (Å²) >= 11 is 0. The number of hydrogen-bond donors (Lipinski definition) is 2. The molecule has 0 aliphatic carbocycles. The van der Waals surface area contributed by atoms with Crippen molar-refractivity contribution >= 4 is 12.0 Å². The van der Waals surface area contributed by atoms with Crippen LogP contribution in [0.1, 0.15) is 34.5 Å². The number of aromatic nitrogens is 1. The Bertz CT molecular complexity index is 789. The standard InChI is InChI=1S/C21H25N3O4/c25-14-19-12-18(6-9-22-19)20(26)23-13-16-7-10-24(11-8-16)21(27)28-15-17-4-2-1-3-5-17/h1-6,9,12,16,25H,7-8,10-11,13-15H2,(H,23,26). The summed E-state index contributed by atoms with van der Waals surface area (Å²) in [6.45, 7) is 1.88. The van der Waals surface area contributed by atoms with Crippen molar-refractivity contribution in [3.8, 4) is 0 Å². The minimum atomic E-state index is -0.292. The van der Waals surface area contributed by atoms with Crippen molar-refractivity contribution in [2.75, 3.05) is 19.6 Å². The van der Waals surface area contributed by atoms with Gasteiger partial charge in [0.1, 0.15) is 6.61 Å². The minimum absolute atomic E-state index is 0.179.